The first-order chi connectivity index (χ1) is 12.5. The largest absolute Gasteiger partial charge is 0.452 e. The third kappa shape index (κ3) is 4.06. The van der Waals surface area contributed by atoms with Gasteiger partial charge in [0.25, 0.3) is 5.91 Å². The summed E-state index contributed by atoms with van der Waals surface area (Å²) in [7, 11) is 0. The van der Waals surface area contributed by atoms with Gasteiger partial charge in [-0.2, -0.15) is 5.26 Å². The Kier molecular flexibility index (Phi) is 4.99. The molecule has 0 radical (unpaired) electrons. The first-order valence-electron chi connectivity index (χ1n) is 8.43. The Labute approximate surface area is 151 Å². The number of nitrogens with zero attached hydrogens (tertiary/aromatic N) is 2. The standard InChI is InChI=1S/C20H19N3O3/c1-20(13-21,16-8-9-16)23-17(24)12-26-18(25)10-7-15-5-2-4-14-6-3-11-22-19(14)15/h2-7,10-11,16H,8-9,12H2,1H3,(H,23,24)/b10-7+/t20-/m0/s1. The van der Waals surface area contributed by atoms with Crippen molar-refractivity contribution in [1.82, 2.24) is 10.3 Å². The van der Waals surface area contributed by atoms with Crippen LogP contribution in [0.4, 0.5) is 0 Å². The zero-order valence-electron chi connectivity index (χ0n) is 14.4. The van der Waals surface area contributed by atoms with Gasteiger partial charge in [0.05, 0.1) is 11.6 Å². The Morgan fingerprint density at radius 2 is 2.15 bits per heavy atom. The molecule has 1 N–H and O–H groups in total. The molecule has 0 aliphatic heterocycles. The molecule has 1 fully saturated rings. The van der Waals surface area contributed by atoms with Gasteiger partial charge in [0, 0.05) is 23.2 Å². The number of hydrogen-bond acceptors (Lipinski definition) is 5. The number of carbonyl (C=O) groups is 2. The van der Waals surface area contributed by atoms with Crippen molar-refractivity contribution in [2.75, 3.05) is 6.61 Å². The van der Waals surface area contributed by atoms with Crippen LogP contribution in [-0.2, 0) is 14.3 Å². The Hall–Kier alpha value is -3.20. The normalized spacial score (nSPS) is 16.0. The van der Waals surface area contributed by atoms with Crippen LogP contribution in [0.5, 0.6) is 0 Å². The van der Waals surface area contributed by atoms with Crippen molar-refractivity contribution in [2.24, 2.45) is 5.92 Å². The highest BCUT2D eigenvalue weighted by Gasteiger charge is 2.43. The van der Waals surface area contributed by atoms with E-state index in [9.17, 15) is 14.9 Å². The van der Waals surface area contributed by atoms with Crippen LogP contribution in [0.1, 0.15) is 25.3 Å². The van der Waals surface area contributed by atoms with Crippen LogP contribution in [0, 0.1) is 17.2 Å². The molecule has 1 heterocycles. The van der Waals surface area contributed by atoms with E-state index in [1.54, 1.807) is 19.2 Å². The van der Waals surface area contributed by atoms with E-state index in [0.29, 0.717) is 0 Å². The lowest BCUT2D eigenvalue weighted by atomic mass is 9.98. The van der Waals surface area contributed by atoms with Gasteiger partial charge < -0.3 is 10.1 Å². The summed E-state index contributed by atoms with van der Waals surface area (Å²) >= 11 is 0. The van der Waals surface area contributed by atoms with Gasteiger partial charge in [0.2, 0.25) is 0 Å². The fourth-order valence-electron chi connectivity index (χ4n) is 2.81. The van der Waals surface area contributed by atoms with Gasteiger partial charge >= 0.3 is 5.97 Å². The number of amides is 1. The van der Waals surface area contributed by atoms with Crippen LogP contribution < -0.4 is 5.32 Å². The number of carbonyl (C=O) groups excluding carboxylic acids is 2. The maximum atomic E-state index is 11.9. The van der Waals surface area contributed by atoms with Gasteiger partial charge in [-0.3, -0.25) is 9.78 Å². The van der Waals surface area contributed by atoms with Crippen molar-refractivity contribution in [3.63, 3.8) is 0 Å². The molecule has 0 unspecified atom stereocenters. The molecule has 6 nitrogen and oxygen atoms in total. The lowest BCUT2D eigenvalue weighted by Crippen LogP contribution is -2.48. The highest BCUT2D eigenvalue weighted by atomic mass is 16.5. The summed E-state index contributed by atoms with van der Waals surface area (Å²) < 4.78 is 4.96. The van der Waals surface area contributed by atoms with Gasteiger partial charge in [0.1, 0.15) is 5.54 Å². The second-order valence-electron chi connectivity index (χ2n) is 6.50. The van der Waals surface area contributed by atoms with E-state index in [1.165, 1.54) is 6.08 Å². The number of hydrogen-bond donors (Lipinski definition) is 1. The second kappa shape index (κ2) is 7.36. The summed E-state index contributed by atoms with van der Waals surface area (Å²) in [5, 5.41) is 12.8. The van der Waals surface area contributed by atoms with Crippen molar-refractivity contribution in [3.8, 4) is 6.07 Å². The molecule has 0 saturated heterocycles. The van der Waals surface area contributed by atoms with Crippen molar-refractivity contribution in [3.05, 3.63) is 48.2 Å². The molecule has 3 rings (SSSR count). The number of aromatic nitrogens is 1. The van der Waals surface area contributed by atoms with Crippen molar-refractivity contribution in [2.45, 2.75) is 25.3 Å². The van der Waals surface area contributed by atoms with Gasteiger partial charge in [-0.05, 0) is 37.8 Å². The SMILES string of the molecule is C[C@@](C#N)(NC(=O)COC(=O)/C=C/c1cccc2cccnc12)C1CC1. The Balaban J connectivity index is 1.56. The van der Waals surface area contributed by atoms with Crippen molar-refractivity contribution in [1.29, 1.82) is 5.26 Å². The fraction of sp³-hybridized carbons (Fsp3) is 0.300. The van der Waals surface area contributed by atoms with Crippen molar-refractivity contribution >= 4 is 28.9 Å². The lowest BCUT2D eigenvalue weighted by molar-refractivity contribution is -0.144. The predicted octanol–water partition coefficient (Wildman–Crippen LogP) is 2.60. The number of esters is 1. The quantitative estimate of drug-likeness (QED) is 0.639. The Bertz CT molecular complexity index is 907. The van der Waals surface area contributed by atoms with Crippen LogP contribution in [0.3, 0.4) is 0 Å². The number of rotatable bonds is 6. The summed E-state index contributed by atoms with van der Waals surface area (Å²) in [5.74, 6) is -0.932. The maximum absolute atomic E-state index is 11.9. The zero-order chi connectivity index (χ0) is 18.6. The molecule has 132 valence electrons. The van der Waals surface area contributed by atoms with E-state index in [2.05, 4.69) is 16.4 Å². The number of ether oxygens (including phenoxy) is 1. The average Bonchev–Trinajstić information content (AvgIpc) is 3.50. The molecule has 0 spiro atoms. The predicted molar refractivity (Wildman–Crippen MR) is 96.6 cm³/mol. The first-order valence-corrected chi connectivity index (χ1v) is 8.43. The molecule has 1 aromatic carbocycles. The van der Waals surface area contributed by atoms with Crippen LogP contribution in [0.15, 0.2) is 42.6 Å². The van der Waals surface area contributed by atoms with Crippen LogP contribution in [0.2, 0.25) is 0 Å². The van der Waals surface area contributed by atoms with E-state index in [1.807, 2.05) is 30.3 Å². The van der Waals surface area contributed by atoms with Crippen LogP contribution >= 0.6 is 0 Å². The zero-order valence-corrected chi connectivity index (χ0v) is 14.4. The first kappa shape index (κ1) is 17.6. The van der Waals surface area contributed by atoms with Gasteiger partial charge in [-0.15, -0.1) is 0 Å². The van der Waals surface area contributed by atoms with Gasteiger partial charge in [0.15, 0.2) is 6.61 Å². The van der Waals surface area contributed by atoms with Crippen molar-refractivity contribution < 1.29 is 14.3 Å². The fourth-order valence-corrected chi connectivity index (χ4v) is 2.81. The molecule has 1 atom stereocenters. The van der Waals surface area contributed by atoms with Gasteiger partial charge in [-0.25, -0.2) is 4.79 Å². The minimum atomic E-state index is -0.895. The molecule has 1 aliphatic carbocycles. The molecular weight excluding hydrogens is 330 g/mol. The third-order valence-electron chi connectivity index (χ3n) is 4.43. The van der Waals surface area contributed by atoms with Crippen LogP contribution in [0.25, 0.3) is 17.0 Å². The summed E-state index contributed by atoms with van der Waals surface area (Å²) in [6.45, 7) is 1.28. The number of fused-ring (bicyclic) bond motifs is 1. The molecule has 6 heteroatoms. The molecule has 1 amide bonds. The maximum Gasteiger partial charge on any atom is 0.331 e. The summed E-state index contributed by atoms with van der Waals surface area (Å²) in [5.41, 5.74) is 0.676. The molecule has 2 aromatic rings. The van der Waals surface area contributed by atoms with E-state index in [0.717, 1.165) is 29.3 Å². The monoisotopic (exact) mass is 349 g/mol. The molecule has 0 bridgehead atoms. The van der Waals surface area contributed by atoms with Crippen LogP contribution in [-0.4, -0.2) is 29.0 Å². The summed E-state index contributed by atoms with van der Waals surface area (Å²) in [4.78, 5) is 28.1. The minimum absolute atomic E-state index is 0.172. The molecule has 1 aromatic heterocycles. The number of pyridine rings is 1. The highest BCUT2D eigenvalue weighted by Crippen LogP contribution is 2.39. The van der Waals surface area contributed by atoms with E-state index in [-0.39, 0.29) is 5.92 Å². The van der Waals surface area contributed by atoms with Gasteiger partial charge in [-0.1, -0.05) is 24.3 Å². The molecule has 1 saturated carbocycles. The van der Waals surface area contributed by atoms with E-state index >= 15 is 0 Å². The topological polar surface area (TPSA) is 92.1 Å². The minimum Gasteiger partial charge on any atom is -0.452 e. The number of para-hydroxylation sites is 1. The highest BCUT2D eigenvalue weighted by molar-refractivity contribution is 5.93. The molecule has 1 aliphatic rings. The molecule has 26 heavy (non-hydrogen) atoms. The Morgan fingerprint density at radius 3 is 2.88 bits per heavy atom. The van der Waals surface area contributed by atoms with E-state index in [4.69, 9.17) is 4.74 Å². The number of nitriles is 1. The number of benzene rings is 1. The average molecular weight is 349 g/mol. The second-order valence-corrected chi connectivity index (χ2v) is 6.50. The Morgan fingerprint density at radius 1 is 1.38 bits per heavy atom. The lowest BCUT2D eigenvalue weighted by Gasteiger charge is -2.22. The molecular formula is C20H19N3O3. The van der Waals surface area contributed by atoms with E-state index < -0.39 is 24.0 Å². The number of nitrogens with one attached hydrogen (secondary N) is 1. The smallest absolute Gasteiger partial charge is 0.331 e. The summed E-state index contributed by atoms with van der Waals surface area (Å²) in [6, 6.07) is 11.6. The third-order valence-corrected chi connectivity index (χ3v) is 4.43. The summed E-state index contributed by atoms with van der Waals surface area (Å²) in [6.07, 6.45) is 6.41.